The predicted molar refractivity (Wildman–Crippen MR) is 66.3 cm³/mol. The quantitative estimate of drug-likeness (QED) is 0.586. The van der Waals surface area contributed by atoms with Crippen molar-refractivity contribution in [2.24, 2.45) is 7.05 Å². The summed E-state index contributed by atoms with van der Waals surface area (Å²) in [7, 11) is 1.96. The van der Waals surface area contributed by atoms with E-state index in [1.165, 1.54) is 24.0 Å². The van der Waals surface area contributed by atoms with E-state index in [-0.39, 0.29) is 0 Å². The molecule has 1 saturated carbocycles. The van der Waals surface area contributed by atoms with Crippen LogP contribution in [0.1, 0.15) is 31.7 Å². The number of rotatable bonds is 6. The molecule has 2 rings (SSSR count). The third-order valence-corrected chi connectivity index (χ3v) is 2.89. The molecule has 0 unspecified atom stereocenters. The molecule has 16 heavy (non-hydrogen) atoms. The summed E-state index contributed by atoms with van der Waals surface area (Å²) in [5, 5.41) is 7.69. The topological polar surface area (TPSA) is 29.9 Å². The van der Waals surface area contributed by atoms with Gasteiger partial charge in [-0.15, -0.1) is 0 Å². The van der Waals surface area contributed by atoms with Crippen LogP contribution in [0.15, 0.2) is 24.0 Å². The molecule has 0 amide bonds. The van der Waals surface area contributed by atoms with Crippen LogP contribution in [0.4, 0.5) is 0 Å². The summed E-state index contributed by atoms with van der Waals surface area (Å²) in [6.45, 7) is 3.32. The first kappa shape index (κ1) is 11.4. The highest BCUT2D eigenvalue weighted by molar-refractivity contribution is 5.14. The van der Waals surface area contributed by atoms with Crippen LogP contribution >= 0.6 is 0 Å². The summed E-state index contributed by atoms with van der Waals surface area (Å²) in [5.41, 5.74) is 2.73. The molecule has 0 atom stereocenters. The van der Waals surface area contributed by atoms with Gasteiger partial charge in [-0.1, -0.05) is 11.6 Å². The molecular formula is C13H21N3. The Balaban J connectivity index is 1.69. The van der Waals surface area contributed by atoms with Gasteiger partial charge in [0, 0.05) is 19.3 Å². The smallest absolute Gasteiger partial charge is 0.0524 e. The summed E-state index contributed by atoms with van der Waals surface area (Å²) in [6, 6.07) is 0.826. The molecule has 1 fully saturated rings. The molecule has 0 bridgehead atoms. The van der Waals surface area contributed by atoms with E-state index < -0.39 is 0 Å². The third-order valence-electron chi connectivity index (χ3n) is 2.89. The maximum Gasteiger partial charge on any atom is 0.0524 e. The number of nitrogens with zero attached hydrogens (tertiary/aromatic N) is 2. The van der Waals surface area contributed by atoms with E-state index in [9.17, 15) is 0 Å². The van der Waals surface area contributed by atoms with Crippen molar-refractivity contribution in [3.63, 3.8) is 0 Å². The van der Waals surface area contributed by atoms with Crippen molar-refractivity contribution in [2.45, 2.75) is 38.6 Å². The molecular weight excluding hydrogens is 198 g/mol. The van der Waals surface area contributed by atoms with Crippen molar-refractivity contribution in [3.8, 4) is 0 Å². The van der Waals surface area contributed by atoms with Gasteiger partial charge in [0.05, 0.1) is 6.20 Å². The Morgan fingerprint density at radius 2 is 2.44 bits per heavy atom. The van der Waals surface area contributed by atoms with Crippen molar-refractivity contribution in [2.75, 3.05) is 6.54 Å². The second-order valence-corrected chi connectivity index (χ2v) is 4.77. The van der Waals surface area contributed by atoms with Crippen molar-refractivity contribution >= 4 is 0 Å². The SMILES string of the molecule is CC(=CCCNC1CC1)Cc1cnn(C)c1. The molecule has 1 aromatic rings. The second-order valence-electron chi connectivity index (χ2n) is 4.77. The van der Waals surface area contributed by atoms with Gasteiger partial charge in [-0.3, -0.25) is 4.68 Å². The number of allylic oxidation sites excluding steroid dienone is 1. The Labute approximate surface area is 97.5 Å². The molecule has 3 heteroatoms. The fourth-order valence-electron chi connectivity index (χ4n) is 1.85. The molecule has 1 N–H and O–H groups in total. The predicted octanol–water partition coefficient (Wildman–Crippen LogP) is 2.05. The van der Waals surface area contributed by atoms with Crippen LogP contribution in [0, 0.1) is 0 Å². The summed E-state index contributed by atoms with van der Waals surface area (Å²) in [5.74, 6) is 0. The first-order valence-electron chi connectivity index (χ1n) is 6.10. The molecule has 88 valence electrons. The maximum atomic E-state index is 4.17. The minimum Gasteiger partial charge on any atom is -0.314 e. The Bertz CT molecular complexity index is 361. The Hall–Kier alpha value is -1.09. The average Bonchev–Trinajstić information content (AvgIpc) is 2.98. The van der Waals surface area contributed by atoms with Gasteiger partial charge < -0.3 is 5.32 Å². The first-order valence-corrected chi connectivity index (χ1v) is 6.10. The van der Waals surface area contributed by atoms with Crippen LogP contribution in [0.5, 0.6) is 0 Å². The van der Waals surface area contributed by atoms with Gasteiger partial charge in [0.25, 0.3) is 0 Å². The maximum absolute atomic E-state index is 4.17. The molecule has 0 aliphatic heterocycles. The Morgan fingerprint density at radius 1 is 1.62 bits per heavy atom. The van der Waals surface area contributed by atoms with Crippen molar-refractivity contribution in [1.29, 1.82) is 0 Å². The largest absolute Gasteiger partial charge is 0.314 e. The monoisotopic (exact) mass is 219 g/mol. The molecule has 1 aromatic heterocycles. The van der Waals surface area contributed by atoms with E-state index in [0.717, 1.165) is 25.4 Å². The number of aryl methyl sites for hydroxylation is 1. The van der Waals surface area contributed by atoms with Gasteiger partial charge in [-0.2, -0.15) is 5.10 Å². The first-order chi connectivity index (χ1) is 7.74. The van der Waals surface area contributed by atoms with E-state index in [2.05, 4.69) is 29.6 Å². The Morgan fingerprint density at radius 3 is 3.06 bits per heavy atom. The van der Waals surface area contributed by atoms with Gasteiger partial charge >= 0.3 is 0 Å². The lowest BCUT2D eigenvalue weighted by Crippen LogP contribution is -2.16. The minimum atomic E-state index is 0.826. The summed E-state index contributed by atoms with van der Waals surface area (Å²) < 4.78 is 1.86. The van der Waals surface area contributed by atoms with Crippen LogP contribution in [0.3, 0.4) is 0 Å². The number of aromatic nitrogens is 2. The van der Waals surface area contributed by atoms with Gasteiger partial charge in [-0.25, -0.2) is 0 Å². The van der Waals surface area contributed by atoms with E-state index in [0.29, 0.717) is 0 Å². The van der Waals surface area contributed by atoms with Crippen LogP contribution in [0.2, 0.25) is 0 Å². The molecule has 1 aliphatic rings. The van der Waals surface area contributed by atoms with Gasteiger partial charge in [-0.05, 0) is 44.7 Å². The fraction of sp³-hybridized carbons (Fsp3) is 0.615. The normalized spacial score (nSPS) is 16.8. The summed E-state index contributed by atoms with van der Waals surface area (Å²) >= 11 is 0. The van der Waals surface area contributed by atoms with Gasteiger partial charge in [0.1, 0.15) is 0 Å². The summed E-state index contributed by atoms with van der Waals surface area (Å²) in [4.78, 5) is 0. The highest BCUT2D eigenvalue weighted by Gasteiger charge is 2.19. The zero-order valence-electron chi connectivity index (χ0n) is 10.2. The van der Waals surface area contributed by atoms with Crippen LogP contribution in [-0.2, 0) is 13.5 Å². The van der Waals surface area contributed by atoms with Crippen LogP contribution in [-0.4, -0.2) is 22.4 Å². The van der Waals surface area contributed by atoms with E-state index in [1.807, 2.05) is 17.9 Å². The van der Waals surface area contributed by atoms with E-state index in [4.69, 9.17) is 0 Å². The molecule has 0 aromatic carbocycles. The number of hydrogen-bond acceptors (Lipinski definition) is 2. The highest BCUT2D eigenvalue weighted by Crippen LogP contribution is 2.18. The molecule has 1 heterocycles. The average molecular weight is 219 g/mol. The van der Waals surface area contributed by atoms with Crippen molar-refractivity contribution < 1.29 is 0 Å². The van der Waals surface area contributed by atoms with Gasteiger partial charge in [0.2, 0.25) is 0 Å². The molecule has 0 radical (unpaired) electrons. The van der Waals surface area contributed by atoms with Crippen molar-refractivity contribution in [1.82, 2.24) is 15.1 Å². The number of nitrogens with one attached hydrogen (secondary N) is 1. The zero-order chi connectivity index (χ0) is 11.4. The third kappa shape index (κ3) is 3.81. The van der Waals surface area contributed by atoms with Crippen LogP contribution in [0.25, 0.3) is 0 Å². The number of hydrogen-bond donors (Lipinski definition) is 1. The highest BCUT2D eigenvalue weighted by atomic mass is 15.2. The molecule has 3 nitrogen and oxygen atoms in total. The van der Waals surface area contributed by atoms with Crippen LogP contribution < -0.4 is 5.32 Å². The lowest BCUT2D eigenvalue weighted by Gasteiger charge is -2.01. The molecule has 1 aliphatic carbocycles. The van der Waals surface area contributed by atoms with E-state index >= 15 is 0 Å². The summed E-state index contributed by atoms with van der Waals surface area (Å²) in [6.07, 6.45) is 11.3. The zero-order valence-corrected chi connectivity index (χ0v) is 10.2. The lowest BCUT2D eigenvalue weighted by molar-refractivity contribution is 0.688. The van der Waals surface area contributed by atoms with E-state index in [1.54, 1.807) is 0 Å². The lowest BCUT2D eigenvalue weighted by atomic mass is 10.1. The minimum absolute atomic E-state index is 0.826. The molecule has 0 spiro atoms. The van der Waals surface area contributed by atoms with Crippen molar-refractivity contribution in [3.05, 3.63) is 29.6 Å². The molecule has 0 saturated heterocycles. The standard InChI is InChI=1S/C13H21N3/c1-11(4-3-7-14-13-5-6-13)8-12-9-15-16(2)10-12/h4,9-10,13-14H,3,5-8H2,1-2H3. The Kier molecular flexibility index (Phi) is 3.78. The fourth-order valence-corrected chi connectivity index (χ4v) is 1.85. The second kappa shape index (κ2) is 5.30. The van der Waals surface area contributed by atoms with Gasteiger partial charge in [0.15, 0.2) is 0 Å².